The van der Waals surface area contributed by atoms with Crippen LogP contribution in [0.15, 0.2) is 35.9 Å². The Morgan fingerprint density at radius 3 is 2.77 bits per heavy atom. The summed E-state index contributed by atoms with van der Waals surface area (Å²) < 4.78 is 3.21. The summed E-state index contributed by atoms with van der Waals surface area (Å²) in [5, 5.41) is 4.33. The third kappa shape index (κ3) is 4.26. The van der Waals surface area contributed by atoms with Crippen LogP contribution in [0.3, 0.4) is 0 Å². The second-order valence-electron chi connectivity index (χ2n) is 7.94. The van der Waals surface area contributed by atoms with E-state index < -0.39 is 0 Å². The topological polar surface area (TPSA) is 106 Å². The van der Waals surface area contributed by atoms with Crippen molar-refractivity contribution in [3.8, 4) is 17.2 Å². The Hall–Kier alpha value is -3.74. The van der Waals surface area contributed by atoms with Gasteiger partial charge in [-0.15, -0.1) is 0 Å². The van der Waals surface area contributed by atoms with Crippen molar-refractivity contribution >= 4 is 5.91 Å². The summed E-state index contributed by atoms with van der Waals surface area (Å²) in [6.07, 6.45) is 9.68. The molecule has 31 heavy (non-hydrogen) atoms. The van der Waals surface area contributed by atoms with Gasteiger partial charge in [-0.3, -0.25) is 23.8 Å². The predicted molar refractivity (Wildman–Crippen MR) is 113 cm³/mol. The third-order valence-electron chi connectivity index (χ3n) is 5.47. The van der Waals surface area contributed by atoms with Crippen LogP contribution in [0.1, 0.15) is 38.2 Å². The van der Waals surface area contributed by atoms with Crippen LogP contribution in [0.4, 0.5) is 0 Å². The molecule has 0 aliphatic carbocycles. The van der Waals surface area contributed by atoms with Crippen molar-refractivity contribution in [3.63, 3.8) is 0 Å². The number of rotatable bonds is 5. The van der Waals surface area contributed by atoms with Gasteiger partial charge in [0, 0.05) is 55.6 Å². The number of carbonyl (C=O) groups is 1. The normalized spacial score (nSPS) is 14.7. The van der Waals surface area contributed by atoms with Gasteiger partial charge >= 0.3 is 0 Å². The molecule has 0 aromatic carbocycles. The van der Waals surface area contributed by atoms with Crippen molar-refractivity contribution in [2.45, 2.75) is 45.2 Å². The summed E-state index contributed by atoms with van der Waals surface area (Å²) in [6, 6.07) is 0.0155. The molecule has 1 fully saturated rings. The molecular formula is C21H24N8O2. The van der Waals surface area contributed by atoms with Crippen LogP contribution in [0.25, 0.3) is 22.1 Å². The molecule has 160 valence electrons. The summed E-state index contributed by atoms with van der Waals surface area (Å²) in [5.41, 5.74) is 1.57. The summed E-state index contributed by atoms with van der Waals surface area (Å²) in [5.74, 6) is 0.297. The van der Waals surface area contributed by atoms with Gasteiger partial charge in [-0.1, -0.05) is 13.8 Å². The quantitative estimate of drug-likeness (QED) is 0.634. The summed E-state index contributed by atoms with van der Waals surface area (Å²) in [6.45, 7) is 12.3. The molecule has 10 heteroatoms. The third-order valence-corrected chi connectivity index (χ3v) is 5.47. The van der Waals surface area contributed by atoms with Crippen LogP contribution >= 0.6 is 0 Å². The molecule has 0 spiro atoms. The maximum Gasteiger partial charge on any atom is 0.256 e. The molecule has 4 heterocycles. The first-order chi connectivity index (χ1) is 15.0. The van der Waals surface area contributed by atoms with E-state index in [1.165, 1.54) is 0 Å². The van der Waals surface area contributed by atoms with Gasteiger partial charge < -0.3 is 9.74 Å². The number of nitrogens with zero attached hydrogens (tertiary/aromatic N) is 7. The van der Waals surface area contributed by atoms with E-state index >= 15 is 0 Å². The Kier molecular flexibility index (Phi) is 5.66. The molecule has 1 aliphatic heterocycles. The molecular weight excluding hydrogens is 396 g/mol. The predicted octanol–water partition coefficient (Wildman–Crippen LogP) is 1.85. The van der Waals surface area contributed by atoms with Crippen LogP contribution in [0.5, 0.6) is 0 Å². The highest BCUT2D eigenvalue weighted by molar-refractivity contribution is 5.76. The van der Waals surface area contributed by atoms with Crippen molar-refractivity contribution < 1.29 is 4.79 Å². The Labute approximate surface area is 179 Å². The molecule has 1 aliphatic rings. The monoisotopic (exact) mass is 420 g/mol. The van der Waals surface area contributed by atoms with E-state index in [1.807, 2.05) is 13.8 Å². The average molecular weight is 420 g/mol. The molecule has 4 rings (SSSR count). The van der Waals surface area contributed by atoms with Gasteiger partial charge in [0.15, 0.2) is 0 Å². The number of nitrogens with one attached hydrogen (secondary N) is 1. The molecule has 1 saturated heterocycles. The molecule has 0 unspecified atom stereocenters. The summed E-state index contributed by atoms with van der Waals surface area (Å²) >= 11 is 0. The highest BCUT2D eigenvalue weighted by Gasteiger charge is 2.26. The van der Waals surface area contributed by atoms with Crippen molar-refractivity contribution in [1.29, 1.82) is 0 Å². The fourth-order valence-electron chi connectivity index (χ4n) is 3.79. The van der Waals surface area contributed by atoms with E-state index in [4.69, 9.17) is 6.57 Å². The maximum absolute atomic E-state index is 12.8. The van der Waals surface area contributed by atoms with E-state index in [9.17, 15) is 9.59 Å². The van der Waals surface area contributed by atoms with Gasteiger partial charge in [-0.2, -0.15) is 5.10 Å². The van der Waals surface area contributed by atoms with E-state index in [2.05, 4.69) is 24.9 Å². The molecule has 0 bridgehead atoms. The number of amides is 1. The van der Waals surface area contributed by atoms with Gasteiger partial charge in [0.1, 0.15) is 12.9 Å². The zero-order chi connectivity index (χ0) is 22.0. The zero-order valence-corrected chi connectivity index (χ0v) is 17.5. The van der Waals surface area contributed by atoms with Crippen molar-refractivity contribution in [2.24, 2.45) is 0 Å². The van der Waals surface area contributed by atoms with Gasteiger partial charge in [-0.05, 0) is 5.92 Å². The molecule has 0 radical (unpaired) electrons. The number of hydrogen-bond acceptors (Lipinski definition) is 5. The van der Waals surface area contributed by atoms with E-state index in [0.29, 0.717) is 48.7 Å². The lowest BCUT2D eigenvalue weighted by Crippen LogP contribution is -2.41. The number of piperidine rings is 1. The molecule has 3 aromatic heterocycles. The molecule has 10 nitrogen and oxygen atoms in total. The number of imidazole rings is 1. The van der Waals surface area contributed by atoms with Crippen LogP contribution in [-0.2, 0) is 11.3 Å². The van der Waals surface area contributed by atoms with Gasteiger partial charge in [0.25, 0.3) is 5.56 Å². The molecule has 3 aromatic rings. The first-order valence-electron chi connectivity index (χ1n) is 10.3. The number of likely N-dealkylation sites (tertiary alicyclic amines) is 1. The number of aromatic nitrogens is 6. The number of aromatic amines is 1. The number of carbonyl (C=O) groups excluding carboxylic acids is 1. The van der Waals surface area contributed by atoms with E-state index in [0.717, 1.165) is 0 Å². The first-order valence-corrected chi connectivity index (χ1v) is 10.3. The molecule has 0 saturated carbocycles. The van der Waals surface area contributed by atoms with Crippen molar-refractivity contribution in [3.05, 3.63) is 58.4 Å². The fourth-order valence-corrected chi connectivity index (χ4v) is 3.79. The Balaban J connectivity index is 1.59. The standard InChI is InChI=1S/C21H24N8O2/c1-14(2)18-19(25-21(26-20(18)31)28-9-6-23-13-28)15-10-24-29(11-15)12-17(30)27-7-4-16(22-3)5-8-27/h6,9-11,13-14,16H,4-5,7-8,12H2,1-2H3,(H,25,26,31). The fraction of sp³-hybridized carbons (Fsp3) is 0.429. The maximum atomic E-state index is 12.8. The SMILES string of the molecule is [C-]#[N+]C1CCN(C(=O)Cn2cc(-c3nc(-n4ccnc4)[nH]c(=O)c3C(C)C)cn2)CC1. The van der Waals surface area contributed by atoms with Crippen molar-refractivity contribution in [2.75, 3.05) is 13.1 Å². The highest BCUT2D eigenvalue weighted by atomic mass is 16.2. The average Bonchev–Trinajstić information content (AvgIpc) is 3.45. The van der Waals surface area contributed by atoms with Gasteiger partial charge in [0.2, 0.25) is 17.9 Å². The largest absolute Gasteiger partial charge is 0.340 e. The minimum atomic E-state index is -0.213. The highest BCUT2D eigenvalue weighted by Crippen LogP contribution is 2.25. The molecule has 0 atom stereocenters. The minimum absolute atomic E-state index is 0.0155. The minimum Gasteiger partial charge on any atom is -0.340 e. The van der Waals surface area contributed by atoms with Gasteiger partial charge in [-0.25, -0.2) is 16.5 Å². The van der Waals surface area contributed by atoms with E-state index in [1.54, 1.807) is 45.3 Å². The lowest BCUT2D eigenvalue weighted by molar-refractivity contribution is -0.132. The lowest BCUT2D eigenvalue weighted by Gasteiger charge is -2.27. The van der Waals surface area contributed by atoms with Crippen LogP contribution in [-0.4, -0.2) is 59.2 Å². The smallest absolute Gasteiger partial charge is 0.256 e. The summed E-state index contributed by atoms with van der Waals surface area (Å²) in [7, 11) is 0. The summed E-state index contributed by atoms with van der Waals surface area (Å²) in [4.78, 5) is 42.3. The second kappa shape index (κ2) is 8.55. The van der Waals surface area contributed by atoms with Crippen LogP contribution < -0.4 is 5.56 Å². The first kappa shape index (κ1) is 20.5. The van der Waals surface area contributed by atoms with Crippen LogP contribution in [0, 0.1) is 6.57 Å². The number of H-pyrrole nitrogens is 1. The van der Waals surface area contributed by atoms with Crippen LogP contribution in [0.2, 0.25) is 0 Å². The van der Waals surface area contributed by atoms with Gasteiger partial charge in [0.05, 0.1) is 11.9 Å². The molecule has 1 amide bonds. The van der Waals surface area contributed by atoms with Crippen molar-refractivity contribution in [1.82, 2.24) is 34.2 Å². The molecule has 1 N–H and O–H groups in total. The zero-order valence-electron chi connectivity index (χ0n) is 17.5. The Bertz CT molecular complexity index is 1160. The lowest BCUT2D eigenvalue weighted by atomic mass is 10.0. The van der Waals surface area contributed by atoms with E-state index in [-0.39, 0.29) is 30.0 Å². The Morgan fingerprint density at radius 1 is 1.35 bits per heavy atom. The Morgan fingerprint density at radius 2 is 2.13 bits per heavy atom. The second-order valence-corrected chi connectivity index (χ2v) is 7.94. The number of hydrogen-bond donors (Lipinski definition) is 1.